The molecule has 1 amide bonds. The van der Waals surface area contributed by atoms with E-state index in [1.54, 1.807) is 4.90 Å². The van der Waals surface area contributed by atoms with Gasteiger partial charge in [-0.25, -0.2) is 4.79 Å². The first kappa shape index (κ1) is 23.1. The van der Waals surface area contributed by atoms with E-state index in [2.05, 4.69) is 24.3 Å². The SMILES string of the molecule is CC(C)(C)OC(=O)N1C(Cc2ccccc2/C=C\CCCCC=O)COC1(C)C. The van der Waals surface area contributed by atoms with Crippen LogP contribution in [0.5, 0.6) is 0 Å². The molecule has 1 atom stereocenters. The monoisotopic (exact) mass is 401 g/mol. The molecular weight excluding hydrogens is 366 g/mol. The summed E-state index contributed by atoms with van der Waals surface area (Å²) in [5.41, 5.74) is 1.08. The highest BCUT2D eigenvalue weighted by atomic mass is 16.6. The molecule has 0 spiro atoms. The molecule has 1 aliphatic heterocycles. The summed E-state index contributed by atoms with van der Waals surface area (Å²) in [6.45, 7) is 9.91. The summed E-state index contributed by atoms with van der Waals surface area (Å²) in [5.74, 6) is 0. The van der Waals surface area contributed by atoms with Crippen LogP contribution in [0, 0.1) is 0 Å². The third kappa shape index (κ3) is 7.00. The predicted molar refractivity (Wildman–Crippen MR) is 116 cm³/mol. The van der Waals surface area contributed by atoms with Crippen LogP contribution in [0.3, 0.4) is 0 Å². The molecule has 1 aliphatic rings. The van der Waals surface area contributed by atoms with Gasteiger partial charge < -0.3 is 14.3 Å². The Hall–Kier alpha value is -2.14. The Morgan fingerprint density at radius 3 is 2.62 bits per heavy atom. The third-order valence-electron chi connectivity index (χ3n) is 4.92. The minimum Gasteiger partial charge on any atom is -0.444 e. The van der Waals surface area contributed by atoms with Crippen LogP contribution in [-0.4, -0.2) is 41.3 Å². The zero-order valence-electron chi connectivity index (χ0n) is 18.4. The minimum absolute atomic E-state index is 0.0815. The fraction of sp³-hybridized carbons (Fsp3) is 0.583. The van der Waals surface area contributed by atoms with Gasteiger partial charge in [-0.2, -0.15) is 0 Å². The van der Waals surface area contributed by atoms with Crippen LogP contribution in [0.25, 0.3) is 6.08 Å². The number of aldehydes is 1. The molecule has 0 aliphatic carbocycles. The Labute approximate surface area is 175 Å². The number of ether oxygens (including phenoxy) is 2. The summed E-state index contributed by atoms with van der Waals surface area (Å²) in [4.78, 5) is 25.0. The fourth-order valence-electron chi connectivity index (χ4n) is 3.55. The van der Waals surface area contributed by atoms with Gasteiger partial charge in [0, 0.05) is 6.42 Å². The summed E-state index contributed by atoms with van der Waals surface area (Å²) >= 11 is 0. The number of carbonyl (C=O) groups excluding carboxylic acids is 2. The molecule has 1 aromatic rings. The van der Waals surface area contributed by atoms with E-state index in [1.165, 1.54) is 5.56 Å². The average Bonchev–Trinajstić information content (AvgIpc) is 2.92. The molecule has 5 nitrogen and oxygen atoms in total. The first-order valence-electron chi connectivity index (χ1n) is 10.5. The van der Waals surface area contributed by atoms with Gasteiger partial charge in [-0.3, -0.25) is 4.90 Å². The maximum absolute atomic E-state index is 12.8. The summed E-state index contributed by atoms with van der Waals surface area (Å²) < 4.78 is 11.6. The van der Waals surface area contributed by atoms with Crippen LogP contribution in [0.2, 0.25) is 0 Å². The number of hydrogen-bond donors (Lipinski definition) is 0. The van der Waals surface area contributed by atoms with Crippen molar-refractivity contribution in [2.24, 2.45) is 0 Å². The lowest BCUT2D eigenvalue weighted by molar-refractivity contribution is -0.107. The highest BCUT2D eigenvalue weighted by Crippen LogP contribution is 2.31. The van der Waals surface area contributed by atoms with Crippen molar-refractivity contribution in [3.8, 4) is 0 Å². The molecule has 1 aromatic carbocycles. The zero-order chi connectivity index (χ0) is 21.5. The van der Waals surface area contributed by atoms with Crippen molar-refractivity contribution in [2.45, 2.75) is 84.1 Å². The Bertz CT molecular complexity index is 718. The van der Waals surface area contributed by atoms with Gasteiger partial charge >= 0.3 is 6.09 Å². The number of benzene rings is 1. The van der Waals surface area contributed by atoms with E-state index in [9.17, 15) is 9.59 Å². The summed E-state index contributed by atoms with van der Waals surface area (Å²) in [7, 11) is 0. The van der Waals surface area contributed by atoms with Crippen LogP contribution < -0.4 is 0 Å². The number of unbranched alkanes of at least 4 members (excludes halogenated alkanes) is 3. The van der Waals surface area contributed by atoms with Crippen molar-refractivity contribution in [3.05, 3.63) is 41.5 Å². The quantitative estimate of drug-likeness (QED) is 0.434. The zero-order valence-corrected chi connectivity index (χ0v) is 18.4. The number of carbonyl (C=O) groups is 2. The first-order chi connectivity index (χ1) is 13.6. The van der Waals surface area contributed by atoms with Gasteiger partial charge in [0.05, 0.1) is 12.6 Å². The number of rotatable bonds is 8. The van der Waals surface area contributed by atoms with Gasteiger partial charge in [0.2, 0.25) is 0 Å². The molecule has 0 N–H and O–H groups in total. The molecule has 0 radical (unpaired) electrons. The number of amides is 1. The molecule has 0 bridgehead atoms. The summed E-state index contributed by atoms with van der Waals surface area (Å²) in [6.07, 6.45) is 9.14. The molecule has 0 aromatic heterocycles. The van der Waals surface area contributed by atoms with Crippen molar-refractivity contribution >= 4 is 18.5 Å². The van der Waals surface area contributed by atoms with Crippen molar-refractivity contribution in [1.29, 1.82) is 0 Å². The van der Waals surface area contributed by atoms with Gasteiger partial charge in [0.15, 0.2) is 0 Å². The van der Waals surface area contributed by atoms with E-state index in [0.717, 1.165) is 31.1 Å². The molecule has 1 fully saturated rings. The summed E-state index contributed by atoms with van der Waals surface area (Å²) in [5, 5.41) is 0. The molecule has 2 rings (SSSR count). The normalized spacial score (nSPS) is 18.9. The highest BCUT2D eigenvalue weighted by Gasteiger charge is 2.45. The molecule has 1 heterocycles. The second kappa shape index (κ2) is 10.1. The number of allylic oxidation sites excluding steroid dienone is 1. The molecule has 5 heteroatoms. The first-order valence-corrected chi connectivity index (χ1v) is 10.5. The molecule has 160 valence electrons. The lowest BCUT2D eigenvalue weighted by atomic mass is 9.99. The largest absolute Gasteiger partial charge is 0.444 e. The van der Waals surface area contributed by atoms with Crippen molar-refractivity contribution in [3.63, 3.8) is 0 Å². The Kier molecular flexibility index (Phi) is 8.03. The van der Waals surface area contributed by atoms with Crippen LogP contribution in [0.1, 0.15) is 71.4 Å². The van der Waals surface area contributed by atoms with Gasteiger partial charge in [-0.15, -0.1) is 0 Å². The fourth-order valence-corrected chi connectivity index (χ4v) is 3.55. The second-order valence-electron chi connectivity index (χ2n) is 9.02. The number of hydrogen-bond acceptors (Lipinski definition) is 4. The van der Waals surface area contributed by atoms with E-state index in [-0.39, 0.29) is 12.1 Å². The van der Waals surface area contributed by atoms with Crippen LogP contribution >= 0.6 is 0 Å². The maximum atomic E-state index is 12.8. The van der Waals surface area contributed by atoms with E-state index in [0.29, 0.717) is 19.4 Å². The lowest BCUT2D eigenvalue weighted by Gasteiger charge is -2.35. The lowest BCUT2D eigenvalue weighted by Crippen LogP contribution is -2.50. The van der Waals surface area contributed by atoms with Crippen LogP contribution in [0.15, 0.2) is 30.3 Å². The van der Waals surface area contributed by atoms with E-state index >= 15 is 0 Å². The van der Waals surface area contributed by atoms with Crippen molar-refractivity contribution in [2.75, 3.05) is 6.61 Å². The molecule has 29 heavy (non-hydrogen) atoms. The van der Waals surface area contributed by atoms with E-state index < -0.39 is 11.3 Å². The van der Waals surface area contributed by atoms with Gasteiger partial charge in [0.1, 0.15) is 17.6 Å². The van der Waals surface area contributed by atoms with Crippen LogP contribution in [0.4, 0.5) is 4.79 Å². The molecular formula is C24H35NO4. The topological polar surface area (TPSA) is 55.8 Å². The maximum Gasteiger partial charge on any atom is 0.412 e. The van der Waals surface area contributed by atoms with Gasteiger partial charge in [-0.05, 0) is 71.4 Å². The average molecular weight is 402 g/mol. The Balaban J connectivity index is 2.10. The Morgan fingerprint density at radius 2 is 1.93 bits per heavy atom. The van der Waals surface area contributed by atoms with Gasteiger partial charge in [0.25, 0.3) is 0 Å². The smallest absolute Gasteiger partial charge is 0.412 e. The second-order valence-corrected chi connectivity index (χ2v) is 9.02. The van der Waals surface area contributed by atoms with E-state index in [4.69, 9.17) is 9.47 Å². The van der Waals surface area contributed by atoms with Crippen LogP contribution in [-0.2, 0) is 20.7 Å². The third-order valence-corrected chi connectivity index (χ3v) is 4.92. The minimum atomic E-state index is -0.698. The molecule has 1 saturated heterocycles. The Morgan fingerprint density at radius 1 is 1.24 bits per heavy atom. The van der Waals surface area contributed by atoms with E-state index in [1.807, 2.05) is 46.8 Å². The standard InChI is InChI=1S/C24H35NO4/c1-23(2,3)29-22(27)25-21(18-28-24(25,4)5)17-20-15-11-10-14-19(20)13-9-7-6-8-12-16-26/h9-11,13-16,21H,6-8,12,17-18H2,1-5H3/b13-9-. The molecule has 0 saturated carbocycles. The highest BCUT2D eigenvalue weighted by molar-refractivity contribution is 5.70. The molecule has 1 unspecified atom stereocenters. The summed E-state index contributed by atoms with van der Waals surface area (Å²) in [6, 6.07) is 8.16. The predicted octanol–water partition coefficient (Wildman–Crippen LogP) is 5.37. The number of nitrogens with zero attached hydrogens (tertiary/aromatic N) is 1. The van der Waals surface area contributed by atoms with Gasteiger partial charge in [-0.1, -0.05) is 36.4 Å². The van der Waals surface area contributed by atoms with Crippen molar-refractivity contribution < 1.29 is 19.1 Å². The van der Waals surface area contributed by atoms with Crippen molar-refractivity contribution in [1.82, 2.24) is 4.90 Å².